The molecule has 18 heavy (non-hydrogen) atoms. The average molecular weight is 249 g/mol. The van der Waals surface area contributed by atoms with Crippen molar-refractivity contribution >= 4 is 5.91 Å². The predicted octanol–water partition coefficient (Wildman–Crippen LogP) is 0.987. The summed E-state index contributed by atoms with van der Waals surface area (Å²) in [5, 5.41) is 9.68. The van der Waals surface area contributed by atoms with E-state index in [1.807, 2.05) is 0 Å². The largest absolute Gasteiger partial charge is 0.505 e. The summed E-state index contributed by atoms with van der Waals surface area (Å²) in [6.45, 7) is 3.33. The van der Waals surface area contributed by atoms with Crippen molar-refractivity contribution in [1.82, 2.24) is 9.88 Å². The van der Waals surface area contributed by atoms with Crippen LogP contribution in [-0.2, 0) is 0 Å². The minimum atomic E-state index is -0.155. The summed E-state index contributed by atoms with van der Waals surface area (Å²) in [4.78, 5) is 17.9. The number of rotatable bonds is 2. The topological polar surface area (TPSA) is 79.5 Å². The number of carbonyl (C=O) groups is 1. The Morgan fingerprint density at radius 1 is 1.67 bits per heavy atom. The highest BCUT2D eigenvalue weighted by atomic mass is 16.3. The first-order valence-electron chi connectivity index (χ1n) is 6.27. The number of hydrogen-bond acceptors (Lipinski definition) is 4. The zero-order chi connectivity index (χ0) is 13.1. The summed E-state index contributed by atoms with van der Waals surface area (Å²) in [6.07, 6.45) is 4.70. The van der Waals surface area contributed by atoms with Gasteiger partial charge in [-0.1, -0.05) is 6.92 Å². The minimum absolute atomic E-state index is 0.0637. The fraction of sp³-hybridized carbons (Fsp3) is 0.538. The van der Waals surface area contributed by atoms with Crippen LogP contribution in [0.15, 0.2) is 18.5 Å². The van der Waals surface area contributed by atoms with Gasteiger partial charge in [-0.15, -0.1) is 0 Å². The zero-order valence-electron chi connectivity index (χ0n) is 10.5. The number of amides is 1. The van der Waals surface area contributed by atoms with Gasteiger partial charge in [0.15, 0.2) is 0 Å². The fourth-order valence-electron chi connectivity index (χ4n) is 2.46. The molecule has 1 aliphatic heterocycles. The summed E-state index contributed by atoms with van der Waals surface area (Å²) < 4.78 is 0. The molecule has 0 saturated carbocycles. The first-order chi connectivity index (χ1) is 8.63. The molecule has 2 heterocycles. The third kappa shape index (κ3) is 2.46. The van der Waals surface area contributed by atoms with Crippen LogP contribution in [-0.4, -0.2) is 40.0 Å². The molecule has 0 aromatic carbocycles. The monoisotopic (exact) mass is 249 g/mol. The van der Waals surface area contributed by atoms with Crippen LogP contribution in [0, 0.1) is 5.92 Å². The summed E-state index contributed by atoms with van der Waals surface area (Å²) in [6, 6.07) is 1.61. The number of aromatic hydroxyl groups is 1. The van der Waals surface area contributed by atoms with Gasteiger partial charge in [0.1, 0.15) is 5.75 Å². The molecular weight excluding hydrogens is 230 g/mol. The first kappa shape index (κ1) is 12.8. The molecule has 1 fully saturated rings. The van der Waals surface area contributed by atoms with Crippen LogP contribution in [0.4, 0.5) is 0 Å². The molecule has 0 bridgehead atoms. The maximum atomic E-state index is 12.4. The summed E-state index contributed by atoms with van der Waals surface area (Å²) in [5.74, 6) is 0.364. The van der Waals surface area contributed by atoms with E-state index in [4.69, 9.17) is 5.73 Å². The lowest BCUT2D eigenvalue weighted by molar-refractivity contribution is 0.0570. The lowest BCUT2D eigenvalue weighted by Crippen LogP contribution is -2.49. The Morgan fingerprint density at radius 2 is 2.44 bits per heavy atom. The smallest absolute Gasteiger partial charge is 0.258 e. The van der Waals surface area contributed by atoms with Gasteiger partial charge in [-0.3, -0.25) is 9.78 Å². The Labute approximate surface area is 107 Å². The maximum absolute atomic E-state index is 12.4. The molecule has 2 rings (SSSR count). The van der Waals surface area contributed by atoms with Crippen LogP contribution < -0.4 is 5.73 Å². The Balaban J connectivity index is 2.20. The quantitative estimate of drug-likeness (QED) is 0.819. The lowest BCUT2D eigenvalue weighted by atomic mass is 9.92. The molecule has 2 unspecified atom stereocenters. The van der Waals surface area contributed by atoms with E-state index in [9.17, 15) is 9.90 Å². The normalized spacial score (nSPS) is 24.0. The van der Waals surface area contributed by atoms with Gasteiger partial charge in [0.2, 0.25) is 0 Å². The summed E-state index contributed by atoms with van der Waals surface area (Å²) >= 11 is 0. The summed E-state index contributed by atoms with van der Waals surface area (Å²) in [7, 11) is 0. The number of nitrogens with zero attached hydrogens (tertiary/aromatic N) is 2. The van der Waals surface area contributed by atoms with Crippen molar-refractivity contribution in [1.29, 1.82) is 0 Å². The molecule has 3 N–H and O–H groups in total. The number of likely N-dealkylation sites (tertiary alicyclic amines) is 1. The van der Waals surface area contributed by atoms with E-state index in [1.54, 1.807) is 11.0 Å². The number of nitrogens with two attached hydrogens (primary N) is 1. The van der Waals surface area contributed by atoms with Crippen molar-refractivity contribution in [2.75, 3.05) is 13.1 Å². The van der Waals surface area contributed by atoms with E-state index in [0.29, 0.717) is 24.6 Å². The second-order valence-electron chi connectivity index (χ2n) is 4.91. The number of hydrogen-bond donors (Lipinski definition) is 2. The molecule has 98 valence electrons. The number of piperidine rings is 1. The molecule has 0 spiro atoms. The van der Waals surface area contributed by atoms with E-state index < -0.39 is 0 Å². The Kier molecular flexibility index (Phi) is 3.81. The first-order valence-corrected chi connectivity index (χ1v) is 6.27. The molecule has 1 aliphatic rings. The summed E-state index contributed by atoms with van der Waals surface area (Å²) in [5.41, 5.74) is 6.04. The van der Waals surface area contributed by atoms with Crippen molar-refractivity contribution in [3.05, 3.63) is 24.0 Å². The van der Waals surface area contributed by atoms with E-state index in [2.05, 4.69) is 11.9 Å². The maximum Gasteiger partial charge on any atom is 0.258 e. The van der Waals surface area contributed by atoms with Crippen molar-refractivity contribution in [3.63, 3.8) is 0 Å². The molecular formula is C13H19N3O2. The highest BCUT2D eigenvalue weighted by Crippen LogP contribution is 2.25. The van der Waals surface area contributed by atoms with Crippen LogP contribution in [0.2, 0.25) is 0 Å². The molecule has 1 aromatic rings. The molecule has 1 saturated heterocycles. The van der Waals surface area contributed by atoms with Gasteiger partial charge in [-0.05, 0) is 24.8 Å². The van der Waals surface area contributed by atoms with Gasteiger partial charge < -0.3 is 15.7 Å². The molecule has 5 nitrogen and oxygen atoms in total. The van der Waals surface area contributed by atoms with Crippen LogP contribution in [0.25, 0.3) is 0 Å². The molecule has 2 atom stereocenters. The van der Waals surface area contributed by atoms with Gasteiger partial charge in [0, 0.05) is 25.3 Å². The fourth-order valence-corrected chi connectivity index (χ4v) is 2.46. The van der Waals surface area contributed by atoms with E-state index >= 15 is 0 Å². The number of aromatic nitrogens is 1. The van der Waals surface area contributed by atoms with E-state index in [1.165, 1.54) is 12.4 Å². The highest BCUT2D eigenvalue weighted by Gasteiger charge is 2.30. The van der Waals surface area contributed by atoms with Crippen molar-refractivity contribution < 1.29 is 9.90 Å². The van der Waals surface area contributed by atoms with Crippen LogP contribution in [0.3, 0.4) is 0 Å². The standard InChI is InChI=1S/C13H19N3O2/c1-9-3-5-16(10(6-9)7-14)13(18)11-2-4-15-8-12(11)17/h2,4,8-10,17H,3,5-7,14H2,1H3. The molecule has 1 amide bonds. The Bertz CT molecular complexity index is 436. The second kappa shape index (κ2) is 5.35. The van der Waals surface area contributed by atoms with Gasteiger partial charge in [0.05, 0.1) is 11.8 Å². The molecule has 0 radical (unpaired) electrons. The van der Waals surface area contributed by atoms with Crippen molar-refractivity contribution in [2.45, 2.75) is 25.8 Å². The predicted molar refractivity (Wildman–Crippen MR) is 68.2 cm³/mol. The van der Waals surface area contributed by atoms with E-state index in [-0.39, 0.29) is 17.7 Å². The van der Waals surface area contributed by atoms with Gasteiger partial charge in [-0.2, -0.15) is 0 Å². The van der Waals surface area contributed by atoms with Crippen molar-refractivity contribution in [2.24, 2.45) is 11.7 Å². The van der Waals surface area contributed by atoms with Gasteiger partial charge in [-0.25, -0.2) is 0 Å². The van der Waals surface area contributed by atoms with Crippen LogP contribution in [0.1, 0.15) is 30.1 Å². The SMILES string of the molecule is CC1CCN(C(=O)c2ccncc2O)C(CN)C1. The van der Waals surface area contributed by atoms with E-state index in [0.717, 1.165) is 12.8 Å². The minimum Gasteiger partial charge on any atom is -0.505 e. The lowest BCUT2D eigenvalue weighted by Gasteiger charge is -2.38. The Hall–Kier alpha value is -1.62. The third-order valence-corrected chi connectivity index (χ3v) is 3.54. The molecule has 5 heteroatoms. The zero-order valence-corrected chi connectivity index (χ0v) is 10.5. The van der Waals surface area contributed by atoms with Crippen LogP contribution in [0.5, 0.6) is 5.75 Å². The third-order valence-electron chi connectivity index (χ3n) is 3.54. The Morgan fingerprint density at radius 3 is 3.11 bits per heavy atom. The molecule has 1 aromatic heterocycles. The highest BCUT2D eigenvalue weighted by molar-refractivity contribution is 5.96. The van der Waals surface area contributed by atoms with Crippen LogP contribution >= 0.6 is 0 Å². The van der Waals surface area contributed by atoms with Gasteiger partial charge in [0.25, 0.3) is 5.91 Å². The number of carbonyl (C=O) groups excluding carboxylic acids is 1. The number of pyridine rings is 1. The second-order valence-corrected chi connectivity index (χ2v) is 4.91. The van der Waals surface area contributed by atoms with Crippen molar-refractivity contribution in [3.8, 4) is 5.75 Å². The van der Waals surface area contributed by atoms with Gasteiger partial charge >= 0.3 is 0 Å². The average Bonchev–Trinajstić information content (AvgIpc) is 2.38. The molecule has 0 aliphatic carbocycles.